The molecule has 0 spiro atoms. The van der Waals surface area contributed by atoms with Gasteiger partial charge >= 0.3 is 5.97 Å². The molecule has 7 nitrogen and oxygen atoms in total. The van der Waals surface area contributed by atoms with E-state index in [1.807, 2.05) is 24.3 Å². The molecule has 0 bridgehead atoms. The summed E-state index contributed by atoms with van der Waals surface area (Å²) >= 11 is 0. The molecule has 2 heterocycles. The van der Waals surface area contributed by atoms with Crippen LogP contribution in [0.2, 0.25) is 0 Å². The van der Waals surface area contributed by atoms with E-state index < -0.39 is 11.9 Å². The summed E-state index contributed by atoms with van der Waals surface area (Å²) in [6, 6.07) is 7.54. The summed E-state index contributed by atoms with van der Waals surface area (Å²) in [5.41, 5.74) is 8.58. The summed E-state index contributed by atoms with van der Waals surface area (Å²) in [5, 5.41) is 0.761. The normalized spacial score (nSPS) is 18.9. The number of aryl methyl sites for hydroxylation is 1. The number of aromatic nitrogens is 1. The van der Waals surface area contributed by atoms with Crippen molar-refractivity contribution >= 4 is 28.7 Å². The summed E-state index contributed by atoms with van der Waals surface area (Å²) in [6.07, 6.45) is 5.11. The monoisotopic (exact) mass is 395 g/mol. The van der Waals surface area contributed by atoms with Gasteiger partial charge in [-0.3, -0.25) is 14.6 Å². The zero-order valence-electron chi connectivity index (χ0n) is 16.4. The predicted molar refractivity (Wildman–Crippen MR) is 107 cm³/mol. The Morgan fingerprint density at radius 3 is 2.76 bits per heavy atom. The average molecular weight is 395 g/mol. The summed E-state index contributed by atoms with van der Waals surface area (Å²) in [4.78, 5) is 43.2. The van der Waals surface area contributed by atoms with Gasteiger partial charge in [0.15, 0.2) is 6.61 Å². The molecule has 1 saturated heterocycles. The maximum atomic E-state index is 13.0. The van der Waals surface area contributed by atoms with Crippen molar-refractivity contribution in [2.45, 2.75) is 38.5 Å². The van der Waals surface area contributed by atoms with E-state index >= 15 is 0 Å². The van der Waals surface area contributed by atoms with Crippen molar-refractivity contribution in [1.82, 2.24) is 9.88 Å². The number of benzene rings is 1. The third-order valence-electron chi connectivity index (χ3n) is 5.88. The van der Waals surface area contributed by atoms with E-state index in [0.29, 0.717) is 25.1 Å². The molecule has 7 heteroatoms. The standard InChI is InChI=1S/C22H25N3O4/c23-21(27)14-6-5-11-25(12-14)19(26)13-29-22(28)20-15-7-1-3-9-17(15)24-18-10-4-2-8-16(18)20/h1,3,7,9,14H,2,4-6,8,10-13H2,(H2,23,27)/t14-/m0/s1. The molecular formula is C22H25N3O4. The molecule has 0 unspecified atom stereocenters. The topological polar surface area (TPSA) is 103 Å². The van der Waals surface area contributed by atoms with E-state index in [2.05, 4.69) is 0 Å². The van der Waals surface area contributed by atoms with Crippen LogP contribution in [-0.4, -0.2) is 47.4 Å². The Morgan fingerprint density at radius 1 is 1.14 bits per heavy atom. The van der Waals surface area contributed by atoms with Gasteiger partial charge in [-0.15, -0.1) is 0 Å². The van der Waals surface area contributed by atoms with Gasteiger partial charge in [-0.05, 0) is 50.2 Å². The fraction of sp³-hybridized carbons (Fsp3) is 0.455. The van der Waals surface area contributed by atoms with Crippen LogP contribution in [0.5, 0.6) is 0 Å². The highest BCUT2D eigenvalue weighted by Crippen LogP contribution is 2.29. The van der Waals surface area contributed by atoms with Gasteiger partial charge in [-0.1, -0.05) is 18.2 Å². The van der Waals surface area contributed by atoms with Gasteiger partial charge in [0, 0.05) is 24.2 Å². The first-order valence-electron chi connectivity index (χ1n) is 10.2. The van der Waals surface area contributed by atoms with Crippen molar-refractivity contribution in [2.75, 3.05) is 19.7 Å². The summed E-state index contributed by atoms with van der Waals surface area (Å²) in [7, 11) is 0. The largest absolute Gasteiger partial charge is 0.452 e. The number of pyridine rings is 1. The molecular weight excluding hydrogens is 370 g/mol. The Kier molecular flexibility index (Phi) is 5.47. The second-order valence-corrected chi connectivity index (χ2v) is 7.79. The van der Waals surface area contributed by atoms with Crippen LogP contribution in [0.15, 0.2) is 24.3 Å². The Labute approximate surface area is 169 Å². The quantitative estimate of drug-likeness (QED) is 0.798. The highest BCUT2D eigenvalue weighted by Gasteiger charge is 2.28. The average Bonchev–Trinajstić information content (AvgIpc) is 2.75. The second-order valence-electron chi connectivity index (χ2n) is 7.79. The molecule has 152 valence electrons. The molecule has 1 aliphatic carbocycles. The first-order chi connectivity index (χ1) is 14.0. The summed E-state index contributed by atoms with van der Waals surface area (Å²) < 4.78 is 5.44. The molecule has 2 N–H and O–H groups in total. The molecule has 1 atom stereocenters. The zero-order chi connectivity index (χ0) is 20.4. The Morgan fingerprint density at radius 2 is 1.93 bits per heavy atom. The van der Waals surface area contributed by atoms with Crippen molar-refractivity contribution in [3.05, 3.63) is 41.1 Å². The molecule has 1 aromatic carbocycles. The number of likely N-dealkylation sites (tertiary alicyclic amines) is 1. The van der Waals surface area contributed by atoms with Crippen LogP contribution in [0.4, 0.5) is 0 Å². The first kappa shape index (κ1) is 19.4. The van der Waals surface area contributed by atoms with Gasteiger partial charge < -0.3 is 15.4 Å². The number of fused-ring (bicyclic) bond motifs is 2. The van der Waals surface area contributed by atoms with Crippen LogP contribution >= 0.6 is 0 Å². The zero-order valence-corrected chi connectivity index (χ0v) is 16.4. The number of nitrogens with two attached hydrogens (primary N) is 1. The summed E-state index contributed by atoms with van der Waals surface area (Å²) in [5.74, 6) is -1.51. The molecule has 1 fully saturated rings. The van der Waals surface area contributed by atoms with Crippen LogP contribution < -0.4 is 5.73 Å². The van der Waals surface area contributed by atoms with Gasteiger partial charge in [0.25, 0.3) is 5.91 Å². The van der Waals surface area contributed by atoms with E-state index in [9.17, 15) is 14.4 Å². The molecule has 1 aromatic heterocycles. The predicted octanol–water partition coefficient (Wildman–Crippen LogP) is 1.99. The van der Waals surface area contributed by atoms with Gasteiger partial charge in [-0.2, -0.15) is 0 Å². The number of hydrogen-bond donors (Lipinski definition) is 1. The third kappa shape index (κ3) is 3.95. The fourth-order valence-corrected chi connectivity index (χ4v) is 4.33. The molecule has 2 aromatic rings. The van der Waals surface area contributed by atoms with E-state index in [0.717, 1.165) is 54.3 Å². The van der Waals surface area contributed by atoms with Crippen molar-refractivity contribution < 1.29 is 19.1 Å². The lowest BCUT2D eigenvalue weighted by atomic mass is 9.90. The van der Waals surface area contributed by atoms with Crippen molar-refractivity contribution in [2.24, 2.45) is 11.7 Å². The van der Waals surface area contributed by atoms with Gasteiger partial charge in [0.2, 0.25) is 5.91 Å². The van der Waals surface area contributed by atoms with Crippen LogP contribution in [0, 0.1) is 5.92 Å². The van der Waals surface area contributed by atoms with Crippen molar-refractivity contribution in [3.63, 3.8) is 0 Å². The number of nitrogens with zero attached hydrogens (tertiary/aromatic N) is 2. The van der Waals surface area contributed by atoms with Crippen molar-refractivity contribution in [1.29, 1.82) is 0 Å². The van der Waals surface area contributed by atoms with Gasteiger partial charge in [-0.25, -0.2) is 4.79 Å². The number of piperidine rings is 1. The number of carbonyl (C=O) groups is 3. The Hall–Kier alpha value is -2.96. The number of hydrogen-bond acceptors (Lipinski definition) is 5. The minimum absolute atomic E-state index is 0.291. The molecule has 4 rings (SSSR count). The third-order valence-corrected chi connectivity index (χ3v) is 5.88. The highest BCUT2D eigenvalue weighted by molar-refractivity contribution is 6.05. The SMILES string of the molecule is NC(=O)[C@H]1CCCN(C(=O)COC(=O)c2c3c(nc4ccccc24)CCCC3)C1. The maximum absolute atomic E-state index is 13.0. The van der Waals surface area contributed by atoms with E-state index in [1.54, 1.807) is 4.90 Å². The Bertz CT molecular complexity index is 972. The van der Waals surface area contributed by atoms with E-state index in [-0.39, 0.29) is 18.4 Å². The fourth-order valence-electron chi connectivity index (χ4n) is 4.33. The smallest absolute Gasteiger partial charge is 0.339 e. The number of carbonyl (C=O) groups excluding carboxylic acids is 3. The molecule has 1 aliphatic heterocycles. The van der Waals surface area contributed by atoms with Crippen LogP contribution in [0.3, 0.4) is 0 Å². The molecule has 2 amide bonds. The number of rotatable bonds is 4. The molecule has 0 saturated carbocycles. The maximum Gasteiger partial charge on any atom is 0.339 e. The van der Waals surface area contributed by atoms with E-state index in [1.165, 1.54) is 0 Å². The number of primary amides is 1. The minimum Gasteiger partial charge on any atom is -0.452 e. The Balaban J connectivity index is 1.52. The summed E-state index contributed by atoms with van der Waals surface area (Å²) in [6.45, 7) is 0.503. The highest BCUT2D eigenvalue weighted by atomic mass is 16.5. The van der Waals surface area contributed by atoms with Gasteiger partial charge in [0.05, 0.1) is 17.0 Å². The van der Waals surface area contributed by atoms with Crippen LogP contribution in [-0.2, 0) is 27.2 Å². The van der Waals surface area contributed by atoms with Gasteiger partial charge in [0.1, 0.15) is 0 Å². The van der Waals surface area contributed by atoms with Crippen LogP contribution in [0.25, 0.3) is 10.9 Å². The number of esters is 1. The number of ether oxygens (including phenoxy) is 1. The minimum atomic E-state index is -0.487. The molecule has 29 heavy (non-hydrogen) atoms. The van der Waals surface area contributed by atoms with E-state index in [4.69, 9.17) is 15.5 Å². The second kappa shape index (κ2) is 8.19. The lowest BCUT2D eigenvalue weighted by molar-refractivity contribution is -0.137. The number of amides is 2. The van der Waals surface area contributed by atoms with Crippen LogP contribution in [0.1, 0.15) is 47.3 Å². The van der Waals surface area contributed by atoms with Crippen molar-refractivity contribution in [3.8, 4) is 0 Å². The first-order valence-corrected chi connectivity index (χ1v) is 10.2. The molecule has 2 aliphatic rings. The number of para-hydroxylation sites is 1. The lowest BCUT2D eigenvalue weighted by Crippen LogP contribution is -2.45. The lowest BCUT2D eigenvalue weighted by Gasteiger charge is -2.31. The molecule has 0 radical (unpaired) electrons.